The topological polar surface area (TPSA) is 68.5 Å². The molecule has 2 atom stereocenters. The molecule has 1 fully saturated rings. The van der Waals surface area contributed by atoms with E-state index in [0.29, 0.717) is 10.0 Å². The van der Waals surface area contributed by atoms with E-state index in [1.807, 2.05) is 51.5 Å². The quantitative estimate of drug-likeness (QED) is 0.246. The highest BCUT2D eigenvalue weighted by Crippen LogP contribution is 2.53. The van der Waals surface area contributed by atoms with Crippen molar-refractivity contribution in [2.45, 2.75) is 60.6 Å². The van der Waals surface area contributed by atoms with E-state index in [0.717, 1.165) is 53.7 Å². The van der Waals surface area contributed by atoms with Crippen molar-refractivity contribution in [3.63, 3.8) is 0 Å². The van der Waals surface area contributed by atoms with Gasteiger partial charge in [0, 0.05) is 53.4 Å². The first-order chi connectivity index (χ1) is 18.7. The third kappa shape index (κ3) is 5.04. The molecule has 1 aliphatic heterocycles. The molecule has 1 spiro atoms. The van der Waals surface area contributed by atoms with Crippen LogP contribution in [0.4, 0.5) is 5.95 Å². The summed E-state index contributed by atoms with van der Waals surface area (Å²) < 4.78 is 18.5. The van der Waals surface area contributed by atoms with Crippen molar-refractivity contribution in [1.82, 2.24) is 19.1 Å². The van der Waals surface area contributed by atoms with E-state index in [1.165, 1.54) is 22.9 Å². The zero-order valence-electron chi connectivity index (χ0n) is 22.2. The molecule has 0 bridgehead atoms. The molecule has 0 saturated carbocycles. The Bertz CT molecular complexity index is 1510. The highest BCUT2D eigenvalue weighted by molar-refractivity contribution is 7.99. The molecular weight excluding hydrogens is 569 g/mol. The van der Waals surface area contributed by atoms with Gasteiger partial charge in [0.1, 0.15) is 4.75 Å². The van der Waals surface area contributed by atoms with Crippen molar-refractivity contribution >= 4 is 57.9 Å². The lowest BCUT2D eigenvalue weighted by molar-refractivity contribution is 0.175. The van der Waals surface area contributed by atoms with Crippen LogP contribution < -0.4 is 9.62 Å². The highest BCUT2D eigenvalue weighted by atomic mass is 35.5. The lowest BCUT2D eigenvalue weighted by atomic mass is 9.73. The average Bonchev–Trinajstić information content (AvgIpc) is 3.51. The molecule has 2 aromatic heterocycles. The SMILES string of the molecule is CC(C)(C)[S@@+]([O-])N[C@H]1c2ccccc2CC12CCN(c1ncc(Sc3cccc(Cl)c3Cl)c3nccn13)CC2. The van der Waals surface area contributed by atoms with Crippen LogP contribution in [0.15, 0.2) is 70.8 Å². The number of rotatable bonds is 5. The van der Waals surface area contributed by atoms with Gasteiger partial charge in [0.15, 0.2) is 5.65 Å². The first kappa shape index (κ1) is 27.2. The molecule has 6 rings (SSSR count). The minimum atomic E-state index is -1.15. The normalized spacial score (nSPS) is 19.5. The number of benzene rings is 2. The van der Waals surface area contributed by atoms with E-state index >= 15 is 0 Å². The van der Waals surface area contributed by atoms with E-state index in [-0.39, 0.29) is 16.2 Å². The molecule has 0 radical (unpaired) electrons. The van der Waals surface area contributed by atoms with Gasteiger partial charge in [0.2, 0.25) is 5.95 Å². The summed E-state index contributed by atoms with van der Waals surface area (Å²) in [4.78, 5) is 13.7. The molecule has 1 saturated heterocycles. The van der Waals surface area contributed by atoms with Gasteiger partial charge >= 0.3 is 0 Å². The van der Waals surface area contributed by atoms with E-state index in [9.17, 15) is 4.55 Å². The molecule has 39 heavy (non-hydrogen) atoms. The number of fused-ring (bicyclic) bond motifs is 2. The monoisotopic (exact) mass is 599 g/mol. The standard InChI is InChI=1S/C29H31Cl2N5OS2/c1-28(2,3)39(37)34-25-20-8-5-4-7-19(20)17-29(25)11-14-35(15-12-29)27-33-18-23(26-32-13-16-36(26)27)38-22-10-6-9-21(30)24(22)31/h4-10,13,16,18,25,34H,11-12,14-15,17H2,1-3H3/t25-,39+/m0/s1. The highest BCUT2D eigenvalue weighted by Gasteiger charge is 2.50. The maximum absolute atomic E-state index is 13.2. The second-order valence-corrected chi connectivity index (χ2v) is 15.2. The van der Waals surface area contributed by atoms with Crippen molar-refractivity contribution in [3.8, 4) is 0 Å². The maximum atomic E-state index is 13.2. The number of imidazole rings is 1. The van der Waals surface area contributed by atoms with Crippen LogP contribution in [0.25, 0.3) is 5.65 Å². The minimum Gasteiger partial charge on any atom is -0.598 e. The molecule has 2 aromatic carbocycles. The van der Waals surface area contributed by atoms with E-state index in [2.05, 4.69) is 43.3 Å². The van der Waals surface area contributed by atoms with E-state index < -0.39 is 11.4 Å². The molecule has 1 N–H and O–H groups in total. The Hall–Kier alpha value is -1.94. The predicted octanol–water partition coefficient (Wildman–Crippen LogP) is 7.12. The Labute approximate surface area is 246 Å². The maximum Gasteiger partial charge on any atom is 0.211 e. The predicted molar refractivity (Wildman–Crippen MR) is 161 cm³/mol. The van der Waals surface area contributed by atoms with Crippen LogP contribution in [-0.2, 0) is 17.8 Å². The van der Waals surface area contributed by atoms with Crippen LogP contribution >= 0.6 is 35.0 Å². The van der Waals surface area contributed by atoms with Gasteiger partial charge in [-0.1, -0.05) is 65.3 Å². The number of halogens is 2. The van der Waals surface area contributed by atoms with Crippen molar-refractivity contribution in [2.75, 3.05) is 18.0 Å². The molecule has 0 unspecified atom stereocenters. The van der Waals surface area contributed by atoms with Gasteiger partial charge < -0.3 is 9.45 Å². The first-order valence-electron chi connectivity index (χ1n) is 13.1. The molecule has 3 heterocycles. The number of aromatic nitrogens is 3. The van der Waals surface area contributed by atoms with Crippen molar-refractivity contribution < 1.29 is 4.55 Å². The van der Waals surface area contributed by atoms with Gasteiger partial charge in [0.25, 0.3) is 0 Å². The van der Waals surface area contributed by atoms with Crippen LogP contribution in [0.3, 0.4) is 0 Å². The number of nitrogens with zero attached hydrogens (tertiary/aromatic N) is 4. The molecule has 204 valence electrons. The van der Waals surface area contributed by atoms with Gasteiger partial charge in [-0.3, -0.25) is 4.40 Å². The third-order valence-electron chi connectivity index (χ3n) is 7.85. The molecule has 0 amide bonds. The molecule has 2 aliphatic rings. The summed E-state index contributed by atoms with van der Waals surface area (Å²) in [5.74, 6) is 0.886. The number of hydrogen-bond donors (Lipinski definition) is 1. The Kier molecular flexibility index (Phi) is 7.31. The van der Waals surface area contributed by atoms with Gasteiger partial charge in [0.05, 0.1) is 21.0 Å². The van der Waals surface area contributed by atoms with Gasteiger partial charge in [-0.05, 0) is 63.3 Å². The number of piperidine rings is 1. The van der Waals surface area contributed by atoms with Crippen molar-refractivity contribution in [1.29, 1.82) is 0 Å². The van der Waals surface area contributed by atoms with Crippen LogP contribution in [0.1, 0.15) is 50.8 Å². The van der Waals surface area contributed by atoms with Crippen LogP contribution in [0, 0.1) is 5.41 Å². The van der Waals surface area contributed by atoms with Crippen LogP contribution in [0.5, 0.6) is 0 Å². The van der Waals surface area contributed by atoms with Gasteiger partial charge in [-0.2, -0.15) is 0 Å². The fraction of sp³-hybridized carbons (Fsp3) is 0.379. The van der Waals surface area contributed by atoms with Crippen molar-refractivity contribution in [2.24, 2.45) is 5.41 Å². The number of hydrogen-bond acceptors (Lipinski definition) is 6. The lowest BCUT2D eigenvalue weighted by Crippen LogP contribution is -2.50. The average molecular weight is 601 g/mol. The Morgan fingerprint density at radius 1 is 1.05 bits per heavy atom. The summed E-state index contributed by atoms with van der Waals surface area (Å²) in [5, 5.41) is 1.06. The molecule has 10 heteroatoms. The summed E-state index contributed by atoms with van der Waals surface area (Å²) in [5.41, 5.74) is 3.52. The Morgan fingerprint density at radius 2 is 1.82 bits per heavy atom. The number of nitrogens with one attached hydrogen (secondary N) is 1. The smallest absolute Gasteiger partial charge is 0.211 e. The first-order valence-corrected chi connectivity index (χ1v) is 15.8. The summed E-state index contributed by atoms with van der Waals surface area (Å²) in [6.07, 6.45) is 8.62. The van der Waals surface area contributed by atoms with E-state index in [1.54, 1.807) is 6.07 Å². The Morgan fingerprint density at radius 3 is 2.59 bits per heavy atom. The third-order valence-corrected chi connectivity index (χ3v) is 11.4. The molecule has 1 aliphatic carbocycles. The molecule has 6 nitrogen and oxygen atoms in total. The number of anilines is 1. The lowest BCUT2D eigenvalue weighted by Gasteiger charge is -2.44. The molecular formula is C29H31Cl2N5OS2. The van der Waals surface area contributed by atoms with E-state index in [4.69, 9.17) is 28.2 Å². The largest absolute Gasteiger partial charge is 0.598 e. The minimum absolute atomic E-state index is 0.0221. The van der Waals surface area contributed by atoms with Gasteiger partial charge in [-0.15, -0.1) is 4.72 Å². The van der Waals surface area contributed by atoms with Crippen LogP contribution in [-0.4, -0.2) is 36.8 Å². The fourth-order valence-electron chi connectivity index (χ4n) is 5.75. The zero-order chi connectivity index (χ0) is 27.4. The second-order valence-electron chi connectivity index (χ2n) is 11.4. The summed E-state index contributed by atoms with van der Waals surface area (Å²) >= 11 is 13.0. The summed E-state index contributed by atoms with van der Waals surface area (Å²) in [6.45, 7) is 7.80. The zero-order valence-corrected chi connectivity index (χ0v) is 25.3. The van der Waals surface area contributed by atoms with Crippen molar-refractivity contribution in [3.05, 3.63) is 82.2 Å². The fourth-order valence-corrected chi connectivity index (χ4v) is 8.10. The summed E-state index contributed by atoms with van der Waals surface area (Å²) in [6, 6.07) is 14.3. The molecule has 4 aromatic rings. The second kappa shape index (κ2) is 10.5. The summed E-state index contributed by atoms with van der Waals surface area (Å²) in [7, 11) is 0. The Balaban J connectivity index is 1.25. The van der Waals surface area contributed by atoms with Gasteiger partial charge in [-0.25, -0.2) is 9.97 Å². The van der Waals surface area contributed by atoms with Crippen LogP contribution in [0.2, 0.25) is 10.0 Å².